The molecule has 0 heterocycles. The fraction of sp³-hybridized carbons (Fsp3) is 0.667. The van der Waals surface area contributed by atoms with Crippen molar-refractivity contribution in [1.29, 1.82) is 0 Å². The van der Waals surface area contributed by atoms with Crippen LogP contribution in [-0.2, 0) is 0 Å². The van der Waals surface area contributed by atoms with Gasteiger partial charge in [0.25, 0.3) is 0 Å². The van der Waals surface area contributed by atoms with Gasteiger partial charge in [-0.2, -0.15) is 0 Å². The second-order valence-corrected chi connectivity index (χ2v) is 3.78. The topological polar surface area (TPSA) is 26.0 Å². The van der Waals surface area contributed by atoms with Crippen molar-refractivity contribution in [3.63, 3.8) is 0 Å². The third kappa shape index (κ3) is 16.3. The van der Waals surface area contributed by atoms with E-state index in [4.69, 9.17) is 17.3 Å². The van der Waals surface area contributed by atoms with E-state index in [2.05, 4.69) is 6.58 Å². The Balaban J connectivity index is 0. The molecule has 0 aliphatic heterocycles. The third-order valence-corrected chi connectivity index (χ3v) is 2.10. The summed E-state index contributed by atoms with van der Waals surface area (Å²) in [4.78, 5) is 0. The molecule has 0 saturated carbocycles. The van der Waals surface area contributed by atoms with Gasteiger partial charge < -0.3 is 5.73 Å². The fourth-order valence-electron chi connectivity index (χ4n) is 0.971. The molecule has 0 aromatic carbocycles. The highest BCUT2D eigenvalue weighted by atomic mass is 35.5. The van der Waals surface area contributed by atoms with Crippen LogP contribution in [0, 0.1) is 0 Å². The summed E-state index contributed by atoms with van der Waals surface area (Å²) >= 11 is 5.78. The molecule has 0 saturated heterocycles. The van der Waals surface area contributed by atoms with Crippen LogP contribution in [-0.4, -0.2) is 12.7 Å². The smallest absolute Gasteiger partial charge is 0.0894 e. The zero-order valence-electron chi connectivity index (χ0n) is 9.81. The van der Waals surface area contributed by atoms with Gasteiger partial charge in [-0.1, -0.05) is 23.8 Å². The molecule has 0 spiro atoms. The van der Waals surface area contributed by atoms with Gasteiger partial charge in [0.15, 0.2) is 0 Å². The number of nitrogens with two attached hydrogens (primary N) is 1. The average molecular weight is 236 g/mol. The second kappa shape index (κ2) is 13.7. The Morgan fingerprint density at radius 2 is 2.00 bits per heavy atom. The Hall–Kier alpha value is -0.340. The number of alkyl halides is 1. The van der Waals surface area contributed by atoms with Crippen LogP contribution in [0.4, 0.5) is 4.39 Å². The largest absolute Gasteiger partial charge is 0.327 e. The van der Waals surface area contributed by atoms with Crippen molar-refractivity contribution in [1.82, 2.24) is 0 Å². The molecule has 1 nitrogen and oxygen atoms in total. The first-order chi connectivity index (χ1) is 7.12. The Kier molecular flexibility index (Phi) is 15.5. The van der Waals surface area contributed by atoms with E-state index in [0.717, 1.165) is 17.9 Å². The number of hydrogen-bond acceptors (Lipinski definition) is 1. The summed E-state index contributed by atoms with van der Waals surface area (Å²) in [7, 11) is 0. The zero-order chi connectivity index (χ0) is 12.1. The van der Waals surface area contributed by atoms with Gasteiger partial charge in [-0.3, -0.25) is 4.39 Å². The predicted octanol–water partition coefficient (Wildman–Crippen LogP) is 4.18. The first kappa shape index (κ1) is 17.1. The zero-order valence-corrected chi connectivity index (χ0v) is 10.6. The Labute approximate surface area is 98.2 Å². The van der Waals surface area contributed by atoms with Crippen molar-refractivity contribution in [2.75, 3.05) is 6.67 Å². The van der Waals surface area contributed by atoms with Gasteiger partial charge in [0.2, 0.25) is 0 Å². The molecule has 0 aliphatic rings. The van der Waals surface area contributed by atoms with Crippen LogP contribution < -0.4 is 5.73 Å². The number of halogens is 2. The van der Waals surface area contributed by atoms with Gasteiger partial charge in [0.05, 0.1) is 6.67 Å². The molecule has 0 aromatic rings. The summed E-state index contributed by atoms with van der Waals surface area (Å²) in [6.45, 7) is 6.89. The van der Waals surface area contributed by atoms with Gasteiger partial charge in [0, 0.05) is 11.1 Å². The molecule has 2 N–H and O–H groups in total. The minimum atomic E-state index is -0.246. The maximum absolute atomic E-state index is 11.7. The molecule has 0 aromatic heterocycles. The molecule has 1 atom stereocenters. The molecule has 0 rings (SSSR count). The molecule has 0 radical (unpaired) electrons. The summed E-state index contributed by atoms with van der Waals surface area (Å²) in [5, 5.41) is 0.794. The summed E-state index contributed by atoms with van der Waals surface area (Å²) < 4.78 is 11.7. The lowest BCUT2D eigenvalue weighted by Gasteiger charge is -2.09. The van der Waals surface area contributed by atoms with Crippen LogP contribution in [0.1, 0.15) is 39.5 Å². The monoisotopic (exact) mass is 235 g/mol. The highest BCUT2D eigenvalue weighted by Crippen LogP contribution is 2.12. The van der Waals surface area contributed by atoms with Gasteiger partial charge in [-0.25, -0.2) is 0 Å². The van der Waals surface area contributed by atoms with Crippen molar-refractivity contribution in [2.24, 2.45) is 5.73 Å². The minimum absolute atomic E-state index is 0.0836. The number of unbranched alkanes of at least 4 members (excludes halogenated alkanes) is 1. The Bertz CT molecular complexity index is 169. The van der Waals surface area contributed by atoms with Crippen LogP contribution in [0.25, 0.3) is 0 Å². The van der Waals surface area contributed by atoms with Crippen molar-refractivity contribution < 1.29 is 4.39 Å². The third-order valence-electron chi connectivity index (χ3n) is 1.73. The summed E-state index contributed by atoms with van der Waals surface area (Å²) in [6.07, 6.45) is 6.63. The van der Waals surface area contributed by atoms with E-state index in [9.17, 15) is 4.39 Å². The predicted molar refractivity (Wildman–Crippen MR) is 67.9 cm³/mol. The van der Waals surface area contributed by atoms with E-state index < -0.39 is 0 Å². The van der Waals surface area contributed by atoms with E-state index in [0.29, 0.717) is 12.8 Å². The summed E-state index contributed by atoms with van der Waals surface area (Å²) in [5.74, 6) is 0. The minimum Gasteiger partial charge on any atom is -0.327 e. The maximum atomic E-state index is 11.7. The normalized spacial score (nSPS) is 12.7. The highest BCUT2D eigenvalue weighted by molar-refractivity contribution is 6.29. The van der Waals surface area contributed by atoms with Gasteiger partial charge in [-0.15, -0.1) is 6.58 Å². The van der Waals surface area contributed by atoms with Crippen molar-refractivity contribution >= 4 is 11.6 Å². The first-order valence-electron chi connectivity index (χ1n) is 5.31. The first-order valence-corrected chi connectivity index (χ1v) is 5.69. The lowest BCUT2D eigenvalue weighted by Crippen LogP contribution is -2.19. The second-order valence-electron chi connectivity index (χ2n) is 3.29. The lowest BCUT2D eigenvalue weighted by molar-refractivity contribution is 0.444. The molecule has 0 bridgehead atoms. The lowest BCUT2D eigenvalue weighted by atomic mass is 10.1. The van der Waals surface area contributed by atoms with Crippen LogP contribution >= 0.6 is 11.6 Å². The van der Waals surface area contributed by atoms with Crippen LogP contribution in [0.2, 0.25) is 0 Å². The van der Waals surface area contributed by atoms with Gasteiger partial charge >= 0.3 is 0 Å². The van der Waals surface area contributed by atoms with Crippen LogP contribution in [0.15, 0.2) is 23.8 Å². The van der Waals surface area contributed by atoms with E-state index in [-0.39, 0.29) is 12.7 Å². The van der Waals surface area contributed by atoms with E-state index in [1.807, 2.05) is 19.9 Å². The van der Waals surface area contributed by atoms with Crippen molar-refractivity contribution in [3.8, 4) is 0 Å². The molecule has 0 aliphatic carbocycles. The Morgan fingerprint density at radius 1 is 1.47 bits per heavy atom. The van der Waals surface area contributed by atoms with Gasteiger partial charge in [-0.05, 0) is 39.5 Å². The summed E-state index contributed by atoms with van der Waals surface area (Å²) in [5.41, 5.74) is 5.74. The van der Waals surface area contributed by atoms with E-state index in [1.165, 1.54) is 0 Å². The fourth-order valence-corrected chi connectivity index (χ4v) is 1.17. The quantitative estimate of drug-likeness (QED) is 0.543. The molecular formula is C12H23ClFN. The van der Waals surface area contributed by atoms with E-state index >= 15 is 0 Å². The number of allylic oxidation sites excluding steroid dienone is 2. The van der Waals surface area contributed by atoms with Gasteiger partial charge in [0.1, 0.15) is 0 Å². The molecule has 0 fully saturated rings. The molecule has 0 amide bonds. The molecular weight excluding hydrogens is 213 g/mol. The molecule has 3 heteroatoms. The molecule has 90 valence electrons. The van der Waals surface area contributed by atoms with Crippen LogP contribution in [0.5, 0.6) is 0 Å². The average Bonchev–Trinajstić information content (AvgIpc) is 2.19. The van der Waals surface area contributed by atoms with Crippen molar-refractivity contribution in [2.45, 2.75) is 45.6 Å². The molecule has 1 unspecified atom stereocenters. The van der Waals surface area contributed by atoms with Crippen LogP contribution in [0.3, 0.4) is 0 Å². The van der Waals surface area contributed by atoms with Crippen molar-refractivity contribution in [3.05, 3.63) is 23.8 Å². The SMILES string of the molecule is C/C=C(/Cl)CC(N)CCCCF.C=CC. The molecule has 15 heavy (non-hydrogen) atoms. The number of hydrogen-bond donors (Lipinski definition) is 1. The summed E-state index contributed by atoms with van der Waals surface area (Å²) in [6, 6.07) is 0.0836. The van der Waals surface area contributed by atoms with E-state index in [1.54, 1.807) is 6.08 Å². The number of rotatable bonds is 6. The maximum Gasteiger partial charge on any atom is 0.0894 e. The standard InChI is InChI=1S/C9H17ClFN.C3H6/c1-2-8(10)7-9(12)5-3-4-6-11;1-3-2/h2,9H,3-7,12H2,1H3;3H,1H2,2H3/b8-2+;. The Morgan fingerprint density at radius 3 is 2.40 bits per heavy atom. The highest BCUT2D eigenvalue weighted by Gasteiger charge is 2.03.